The van der Waals surface area contributed by atoms with E-state index < -0.39 is 10.0 Å². The van der Waals surface area contributed by atoms with Gasteiger partial charge in [-0.05, 0) is 25.1 Å². The van der Waals surface area contributed by atoms with E-state index in [1.165, 1.54) is 30.0 Å². The third kappa shape index (κ3) is 3.40. The number of rotatable bonds is 5. The molecule has 114 valence electrons. The summed E-state index contributed by atoms with van der Waals surface area (Å²) >= 11 is 0. The molecule has 21 heavy (non-hydrogen) atoms. The largest absolute Gasteiger partial charge is 0.482 e. The van der Waals surface area contributed by atoms with E-state index in [-0.39, 0.29) is 36.2 Å². The first-order chi connectivity index (χ1) is 9.81. The Balaban J connectivity index is 2.25. The van der Waals surface area contributed by atoms with Crippen LogP contribution in [0.5, 0.6) is 5.75 Å². The zero-order valence-corrected chi connectivity index (χ0v) is 12.6. The number of likely N-dealkylation sites (N-methyl/N-ethyl adjacent to an activating group) is 1. The molecule has 1 N–H and O–H groups in total. The van der Waals surface area contributed by atoms with Gasteiger partial charge in [0.05, 0.1) is 10.6 Å². The average Bonchev–Trinajstić information content (AvgIpc) is 2.42. The Morgan fingerprint density at radius 2 is 2.14 bits per heavy atom. The molecule has 1 heterocycles. The number of amides is 1. The van der Waals surface area contributed by atoms with Crippen molar-refractivity contribution in [3.05, 3.63) is 18.2 Å². The third-order valence-electron chi connectivity index (χ3n) is 3.10. The van der Waals surface area contributed by atoms with E-state index in [9.17, 15) is 18.0 Å². The molecule has 0 spiro atoms. The van der Waals surface area contributed by atoms with Gasteiger partial charge in [-0.3, -0.25) is 9.59 Å². The van der Waals surface area contributed by atoms with Crippen LogP contribution in [0.3, 0.4) is 0 Å². The number of anilines is 1. The summed E-state index contributed by atoms with van der Waals surface area (Å²) < 4.78 is 31.8. The summed E-state index contributed by atoms with van der Waals surface area (Å²) in [5.41, 5.74) is 0.403. The van der Waals surface area contributed by atoms with E-state index in [0.717, 1.165) is 0 Å². The molecule has 1 aromatic carbocycles. The number of ketones is 1. The maximum Gasteiger partial charge on any atom is 0.264 e. The molecule has 0 radical (unpaired) electrons. The lowest BCUT2D eigenvalue weighted by Crippen LogP contribution is -2.35. The van der Waals surface area contributed by atoms with Crippen LogP contribution >= 0.6 is 0 Å². The Bertz CT molecular complexity index is 684. The van der Waals surface area contributed by atoms with Gasteiger partial charge in [0.2, 0.25) is 10.0 Å². The molecule has 7 nitrogen and oxygen atoms in total. The highest BCUT2D eigenvalue weighted by Crippen LogP contribution is 2.33. The van der Waals surface area contributed by atoms with Gasteiger partial charge >= 0.3 is 0 Å². The molecule has 0 aliphatic carbocycles. The minimum atomic E-state index is -3.73. The number of benzene rings is 1. The SMILES string of the molecule is CC(=O)CCNS(=O)(=O)c1ccc2c(c1)N(C)C(=O)CO2. The summed E-state index contributed by atoms with van der Waals surface area (Å²) in [6.07, 6.45) is 0.131. The van der Waals surface area contributed by atoms with E-state index in [0.29, 0.717) is 11.4 Å². The fraction of sp³-hybridized carbons (Fsp3) is 0.385. The Hall–Kier alpha value is -1.93. The van der Waals surface area contributed by atoms with E-state index >= 15 is 0 Å². The summed E-state index contributed by atoms with van der Waals surface area (Å²) in [6, 6.07) is 4.29. The highest BCUT2D eigenvalue weighted by Gasteiger charge is 2.24. The van der Waals surface area contributed by atoms with Crippen LogP contribution in [0.15, 0.2) is 23.1 Å². The normalized spacial score (nSPS) is 14.6. The molecule has 0 bridgehead atoms. The van der Waals surface area contributed by atoms with Crippen LogP contribution < -0.4 is 14.4 Å². The fourth-order valence-electron chi connectivity index (χ4n) is 1.86. The first kappa shape index (κ1) is 15.5. The van der Waals surface area contributed by atoms with Gasteiger partial charge in [-0.1, -0.05) is 0 Å². The molecule has 8 heteroatoms. The van der Waals surface area contributed by atoms with E-state index in [1.807, 2.05) is 0 Å². The number of Topliss-reactive ketones (excluding diaryl/α,β-unsaturated/α-hetero) is 1. The van der Waals surface area contributed by atoms with Crippen LogP contribution in [-0.4, -0.2) is 40.3 Å². The van der Waals surface area contributed by atoms with Crippen molar-refractivity contribution in [1.82, 2.24) is 4.72 Å². The van der Waals surface area contributed by atoms with Gasteiger partial charge in [-0.25, -0.2) is 13.1 Å². The van der Waals surface area contributed by atoms with Gasteiger partial charge in [0.25, 0.3) is 5.91 Å². The zero-order chi connectivity index (χ0) is 15.6. The number of nitrogens with zero attached hydrogens (tertiary/aromatic N) is 1. The van der Waals surface area contributed by atoms with Gasteiger partial charge < -0.3 is 9.64 Å². The number of fused-ring (bicyclic) bond motifs is 1. The lowest BCUT2D eigenvalue weighted by atomic mass is 10.2. The number of sulfonamides is 1. The summed E-state index contributed by atoms with van der Waals surface area (Å²) in [5.74, 6) is 0.114. The second-order valence-corrected chi connectivity index (χ2v) is 6.49. The smallest absolute Gasteiger partial charge is 0.264 e. The Morgan fingerprint density at radius 1 is 1.43 bits per heavy atom. The molecule has 0 fully saturated rings. The Kier molecular flexibility index (Phi) is 4.29. The van der Waals surface area contributed by atoms with Gasteiger partial charge in [0.1, 0.15) is 11.5 Å². The van der Waals surface area contributed by atoms with Crippen LogP contribution in [0.4, 0.5) is 5.69 Å². The first-order valence-corrected chi connectivity index (χ1v) is 7.82. The minimum absolute atomic E-state index is 0.0231. The van der Waals surface area contributed by atoms with Crippen molar-refractivity contribution in [2.45, 2.75) is 18.2 Å². The number of hydrogen-bond acceptors (Lipinski definition) is 5. The maximum absolute atomic E-state index is 12.1. The van der Waals surface area contributed by atoms with Crippen molar-refractivity contribution in [2.24, 2.45) is 0 Å². The molecular formula is C13H16N2O5S. The molecule has 0 unspecified atom stereocenters. The predicted molar refractivity (Wildman–Crippen MR) is 75.8 cm³/mol. The van der Waals surface area contributed by atoms with Crippen LogP contribution in [0.1, 0.15) is 13.3 Å². The molecule has 1 aromatic rings. The van der Waals surface area contributed by atoms with Crippen molar-refractivity contribution in [2.75, 3.05) is 25.1 Å². The predicted octanol–water partition coefficient (Wildman–Crippen LogP) is 0.299. The molecule has 2 rings (SSSR count). The minimum Gasteiger partial charge on any atom is -0.482 e. The number of nitrogens with one attached hydrogen (secondary N) is 1. The fourth-order valence-corrected chi connectivity index (χ4v) is 2.92. The molecule has 0 saturated carbocycles. The van der Waals surface area contributed by atoms with Crippen LogP contribution in [0, 0.1) is 0 Å². The highest BCUT2D eigenvalue weighted by molar-refractivity contribution is 7.89. The highest BCUT2D eigenvalue weighted by atomic mass is 32.2. The monoisotopic (exact) mass is 312 g/mol. The molecule has 0 aromatic heterocycles. The molecule has 1 amide bonds. The Labute approximate surface area is 122 Å². The first-order valence-electron chi connectivity index (χ1n) is 6.34. The van der Waals surface area contributed by atoms with Crippen LogP contribution in [0.2, 0.25) is 0 Å². The Morgan fingerprint density at radius 3 is 2.81 bits per heavy atom. The number of carbonyl (C=O) groups is 2. The standard InChI is InChI=1S/C13H16N2O5S/c1-9(16)5-6-14-21(18,19)10-3-4-12-11(7-10)15(2)13(17)8-20-12/h3-4,7,14H,5-6,8H2,1-2H3. The maximum atomic E-state index is 12.1. The summed E-state index contributed by atoms with van der Waals surface area (Å²) in [7, 11) is -2.17. The van der Waals surface area contributed by atoms with E-state index in [4.69, 9.17) is 4.74 Å². The van der Waals surface area contributed by atoms with Crippen molar-refractivity contribution < 1.29 is 22.7 Å². The van der Waals surface area contributed by atoms with Gasteiger partial charge in [-0.2, -0.15) is 0 Å². The molecule has 0 saturated heterocycles. The topological polar surface area (TPSA) is 92.8 Å². The van der Waals surface area contributed by atoms with Crippen molar-refractivity contribution in [1.29, 1.82) is 0 Å². The third-order valence-corrected chi connectivity index (χ3v) is 4.56. The summed E-state index contributed by atoms with van der Waals surface area (Å²) in [6.45, 7) is 1.37. The molecule has 0 atom stereocenters. The average molecular weight is 312 g/mol. The number of hydrogen-bond donors (Lipinski definition) is 1. The van der Waals surface area contributed by atoms with E-state index in [1.54, 1.807) is 7.05 Å². The summed E-state index contributed by atoms with van der Waals surface area (Å²) in [5, 5.41) is 0. The molecular weight excluding hydrogens is 296 g/mol. The zero-order valence-electron chi connectivity index (χ0n) is 11.8. The number of ether oxygens (including phenoxy) is 1. The van der Waals surface area contributed by atoms with E-state index in [2.05, 4.69) is 4.72 Å². The van der Waals surface area contributed by atoms with Gasteiger partial charge in [-0.15, -0.1) is 0 Å². The second-order valence-electron chi connectivity index (χ2n) is 4.72. The van der Waals surface area contributed by atoms with Crippen LogP contribution in [0.25, 0.3) is 0 Å². The van der Waals surface area contributed by atoms with Gasteiger partial charge in [0.15, 0.2) is 6.61 Å². The molecule has 1 aliphatic heterocycles. The lowest BCUT2D eigenvalue weighted by molar-refractivity contribution is -0.121. The summed E-state index contributed by atoms with van der Waals surface area (Å²) in [4.78, 5) is 23.8. The van der Waals surface area contributed by atoms with Gasteiger partial charge in [0, 0.05) is 20.0 Å². The quantitative estimate of drug-likeness (QED) is 0.844. The lowest BCUT2D eigenvalue weighted by Gasteiger charge is -2.26. The number of carbonyl (C=O) groups excluding carboxylic acids is 2. The van der Waals surface area contributed by atoms with Crippen molar-refractivity contribution >= 4 is 27.4 Å². The second kappa shape index (κ2) is 5.82. The molecule has 1 aliphatic rings. The van der Waals surface area contributed by atoms with Crippen molar-refractivity contribution in [3.63, 3.8) is 0 Å². The van der Waals surface area contributed by atoms with Crippen molar-refractivity contribution in [3.8, 4) is 5.75 Å². The van der Waals surface area contributed by atoms with Crippen LogP contribution in [-0.2, 0) is 19.6 Å².